The van der Waals surface area contributed by atoms with Crippen LogP contribution < -0.4 is 18.9 Å². The SMILES string of the molecule is COc1cccc(C(CC(c2cccc(OC)c2)c2cccc(OC)c2)c2cccc(OC)c2)c1. The highest BCUT2D eigenvalue weighted by Crippen LogP contribution is 2.41. The van der Waals surface area contributed by atoms with E-state index in [4.69, 9.17) is 18.9 Å². The summed E-state index contributed by atoms with van der Waals surface area (Å²) < 4.78 is 22.3. The van der Waals surface area contributed by atoms with Crippen LogP contribution in [0.15, 0.2) is 97.1 Å². The molecule has 0 atom stereocenters. The summed E-state index contributed by atoms with van der Waals surface area (Å²) in [7, 11) is 6.81. The molecule has 35 heavy (non-hydrogen) atoms. The molecule has 4 rings (SSSR count). The molecule has 0 fully saturated rings. The second-order valence-corrected chi connectivity index (χ2v) is 8.45. The molecule has 0 amide bonds. The van der Waals surface area contributed by atoms with Crippen LogP contribution in [0.1, 0.15) is 40.5 Å². The summed E-state index contributed by atoms with van der Waals surface area (Å²) in [5.74, 6) is 3.57. The molecule has 0 heterocycles. The van der Waals surface area contributed by atoms with Crippen molar-refractivity contribution in [1.29, 1.82) is 0 Å². The molecule has 0 N–H and O–H groups in total. The van der Waals surface area contributed by atoms with Gasteiger partial charge in [0, 0.05) is 11.8 Å². The van der Waals surface area contributed by atoms with Gasteiger partial charge in [0.05, 0.1) is 28.4 Å². The number of hydrogen-bond donors (Lipinski definition) is 0. The molecule has 0 saturated carbocycles. The van der Waals surface area contributed by atoms with Crippen LogP contribution in [-0.4, -0.2) is 28.4 Å². The third-order valence-electron chi connectivity index (χ3n) is 6.46. The summed E-state index contributed by atoms with van der Waals surface area (Å²) >= 11 is 0. The molecule has 0 aliphatic heterocycles. The summed E-state index contributed by atoms with van der Waals surface area (Å²) in [5.41, 5.74) is 4.75. The Hall–Kier alpha value is -3.92. The molecular weight excluding hydrogens is 436 g/mol. The fraction of sp³-hybridized carbons (Fsp3) is 0.226. The highest BCUT2D eigenvalue weighted by Gasteiger charge is 2.24. The zero-order chi connectivity index (χ0) is 24.6. The fourth-order valence-corrected chi connectivity index (χ4v) is 4.60. The second kappa shape index (κ2) is 11.5. The maximum Gasteiger partial charge on any atom is 0.119 e. The van der Waals surface area contributed by atoms with Crippen molar-refractivity contribution in [1.82, 2.24) is 0 Å². The van der Waals surface area contributed by atoms with Gasteiger partial charge in [-0.2, -0.15) is 0 Å². The highest BCUT2D eigenvalue weighted by atomic mass is 16.5. The normalized spacial score (nSPS) is 10.9. The van der Waals surface area contributed by atoms with E-state index >= 15 is 0 Å². The lowest BCUT2D eigenvalue weighted by Gasteiger charge is -2.26. The van der Waals surface area contributed by atoms with Crippen molar-refractivity contribution in [3.63, 3.8) is 0 Å². The number of hydrogen-bond acceptors (Lipinski definition) is 4. The van der Waals surface area contributed by atoms with Gasteiger partial charge in [-0.1, -0.05) is 48.5 Å². The van der Waals surface area contributed by atoms with Crippen LogP contribution >= 0.6 is 0 Å². The van der Waals surface area contributed by atoms with Crippen LogP contribution in [0.4, 0.5) is 0 Å². The quantitative estimate of drug-likeness (QED) is 0.249. The zero-order valence-corrected chi connectivity index (χ0v) is 20.7. The first kappa shape index (κ1) is 24.2. The first-order chi connectivity index (χ1) is 17.1. The maximum absolute atomic E-state index is 5.56. The molecule has 4 aromatic carbocycles. The number of ether oxygens (including phenoxy) is 4. The first-order valence-electron chi connectivity index (χ1n) is 11.7. The van der Waals surface area contributed by atoms with Gasteiger partial charge in [0.25, 0.3) is 0 Å². The van der Waals surface area contributed by atoms with Crippen LogP contribution in [0.3, 0.4) is 0 Å². The first-order valence-corrected chi connectivity index (χ1v) is 11.7. The van der Waals surface area contributed by atoms with Crippen LogP contribution in [0.5, 0.6) is 23.0 Å². The van der Waals surface area contributed by atoms with Gasteiger partial charge in [0.2, 0.25) is 0 Å². The van der Waals surface area contributed by atoms with Crippen LogP contribution in [-0.2, 0) is 0 Å². The molecule has 4 heteroatoms. The van der Waals surface area contributed by atoms with Gasteiger partial charge >= 0.3 is 0 Å². The van der Waals surface area contributed by atoms with E-state index in [1.165, 1.54) is 22.3 Å². The molecule has 4 nitrogen and oxygen atoms in total. The fourth-order valence-electron chi connectivity index (χ4n) is 4.60. The summed E-state index contributed by atoms with van der Waals surface area (Å²) in [6, 6.07) is 33.3. The molecule has 0 saturated heterocycles. The Labute approximate surface area is 208 Å². The molecule has 0 unspecified atom stereocenters. The average Bonchev–Trinajstić information content (AvgIpc) is 2.93. The maximum atomic E-state index is 5.56. The van der Waals surface area contributed by atoms with E-state index in [9.17, 15) is 0 Å². The van der Waals surface area contributed by atoms with Gasteiger partial charge in [-0.25, -0.2) is 0 Å². The average molecular weight is 469 g/mol. The Morgan fingerprint density at radius 3 is 0.914 bits per heavy atom. The summed E-state index contributed by atoms with van der Waals surface area (Å²) in [6.07, 6.45) is 0.834. The van der Waals surface area contributed by atoms with E-state index in [1.54, 1.807) is 28.4 Å². The molecule has 4 aromatic rings. The van der Waals surface area contributed by atoms with Gasteiger partial charge in [0.1, 0.15) is 23.0 Å². The molecule has 0 spiro atoms. The minimum absolute atomic E-state index is 0.0996. The van der Waals surface area contributed by atoms with E-state index in [1.807, 2.05) is 48.5 Å². The van der Waals surface area contributed by atoms with Crippen molar-refractivity contribution >= 4 is 0 Å². The lowest BCUT2D eigenvalue weighted by Crippen LogP contribution is -2.10. The van der Waals surface area contributed by atoms with E-state index < -0.39 is 0 Å². The summed E-state index contributed by atoms with van der Waals surface area (Å²) in [6.45, 7) is 0. The Kier molecular flexibility index (Phi) is 7.94. The van der Waals surface area contributed by atoms with Crippen molar-refractivity contribution < 1.29 is 18.9 Å². The zero-order valence-electron chi connectivity index (χ0n) is 20.7. The van der Waals surface area contributed by atoms with Gasteiger partial charge in [-0.3, -0.25) is 0 Å². The van der Waals surface area contributed by atoms with Gasteiger partial charge in [-0.05, 0) is 77.2 Å². The highest BCUT2D eigenvalue weighted by molar-refractivity contribution is 5.44. The standard InChI is InChI=1S/C31H32O4/c1-32-26-13-5-9-22(17-26)30(23-10-6-14-27(18-23)33-2)21-31(24-11-7-15-28(19-24)34-3)25-12-8-16-29(20-25)35-4/h5-20,30-31H,21H2,1-4H3. The number of rotatable bonds is 10. The second-order valence-electron chi connectivity index (χ2n) is 8.45. The molecular formula is C31H32O4. The van der Waals surface area contributed by atoms with Crippen LogP contribution in [0, 0.1) is 0 Å². The minimum Gasteiger partial charge on any atom is -0.497 e. The molecule has 0 aliphatic carbocycles. The predicted octanol–water partition coefficient (Wildman–Crippen LogP) is 7.08. The smallest absolute Gasteiger partial charge is 0.119 e. The Morgan fingerprint density at radius 2 is 0.686 bits per heavy atom. The van der Waals surface area contributed by atoms with Crippen molar-refractivity contribution in [2.75, 3.05) is 28.4 Å². The van der Waals surface area contributed by atoms with Crippen molar-refractivity contribution in [3.05, 3.63) is 119 Å². The van der Waals surface area contributed by atoms with Gasteiger partial charge < -0.3 is 18.9 Å². The predicted molar refractivity (Wildman–Crippen MR) is 140 cm³/mol. The Morgan fingerprint density at radius 1 is 0.429 bits per heavy atom. The van der Waals surface area contributed by atoms with Crippen LogP contribution in [0.2, 0.25) is 0 Å². The van der Waals surface area contributed by atoms with Crippen molar-refractivity contribution in [3.8, 4) is 23.0 Å². The molecule has 0 bridgehead atoms. The number of benzene rings is 4. The summed E-state index contributed by atoms with van der Waals surface area (Å²) in [5, 5.41) is 0. The number of methoxy groups -OCH3 is 4. The van der Waals surface area contributed by atoms with E-state index in [0.29, 0.717) is 0 Å². The lowest BCUT2D eigenvalue weighted by atomic mass is 9.78. The van der Waals surface area contributed by atoms with Crippen molar-refractivity contribution in [2.45, 2.75) is 18.3 Å². The monoisotopic (exact) mass is 468 g/mol. The van der Waals surface area contributed by atoms with Crippen LogP contribution in [0.25, 0.3) is 0 Å². The third-order valence-corrected chi connectivity index (χ3v) is 6.46. The molecule has 180 valence electrons. The molecule has 0 aliphatic rings. The lowest BCUT2D eigenvalue weighted by molar-refractivity contribution is 0.412. The van der Waals surface area contributed by atoms with E-state index in [2.05, 4.69) is 48.5 Å². The van der Waals surface area contributed by atoms with Gasteiger partial charge in [0.15, 0.2) is 0 Å². The van der Waals surface area contributed by atoms with E-state index in [-0.39, 0.29) is 11.8 Å². The largest absolute Gasteiger partial charge is 0.497 e. The third kappa shape index (κ3) is 5.78. The molecule has 0 aromatic heterocycles. The minimum atomic E-state index is 0.0996. The summed E-state index contributed by atoms with van der Waals surface area (Å²) in [4.78, 5) is 0. The topological polar surface area (TPSA) is 36.9 Å². The van der Waals surface area contributed by atoms with Crippen molar-refractivity contribution in [2.24, 2.45) is 0 Å². The Bertz CT molecular complexity index is 1060. The molecule has 0 radical (unpaired) electrons. The van der Waals surface area contributed by atoms with Gasteiger partial charge in [-0.15, -0.1) is 0 Å². The Balaban J connectivity index is 1.85. The van der Waals surface area contributed by atoms with E-state index in [0.717, 1.165) is 29.4 Å².